The van der Waals surface area contributed by atoms with Gasteiger partial charge in [0.05, 0.1) is 5.75 Å². The molecule has 1 aliphatic rings. The number of hydrogen-bond donors (Lipinski definition) is 1. The summed E-state index contributed by atoms with van der Waals surface area (Å²) < 4.78 is 1.05. The van der Waals surface area contributed by atoms with Crippen LogP contribution in [0.25, 0.3) is 0 Å². The lowest BCUT2D eigenvalue weighted by molar-refractivity contribution is -0.128. The molecule has 1 aliphatic heterocycles. The van der Waals surface area contributed by atoms with Gasteiger partial charge in [-0.2, -0.15) is 0 Å². The van der Waals surface area contributed by atoms with Gasteiger partial charge >= 0.3 is 0 Å². The monoisotopic (exact) mass is 328 g/mol. The van der Waals surface area contributed by atoms with Crippen LogP contribution in [0.3, 0.4) is 0 Å². The van der Waals surface area contributed by atoms with E-state index in [2.05, 4.69) is 21.2 Å². The van der Waals surface area contributed by atoms with Crippen LogP contribution in [-0.2, 0) is 4.79 Å². The maximum absolute atomic E-state index is 12.1. The number of halogens is 1. The van der Waals surface area contributed by atoms with Gasteiger partial charge in [0.2, 0.25) is 5.91 Å². The van der Waals surface area contributed by atoms with Crippen LogP contribution in [0.1, 0.15) is 6.42 Å². The Balaban J connectivity index is 1.83. The molecule has 0 saturated carbocycles. The van der Waals surface area contributed by atoms with Crippen molar-refractivity contribution in [2.45, 2.75) is 11.3 Å². The Bertz CT molecular complexity index is 406. The molecule has 1 fully saturated rings. The zero-order chi connectivity index (χ0) is 12.8. The fraction of sp³-hybridized carbons (Fsp3) is 0.462. The molecule has 1 aromatic rings. The minimum atomic E-state index is 0.240. The van der Waals surface area contributed by atoms with Crippen molar-refractivity contribution in [2.24, 2.45) is 0 Å². The summed E-state index contributed by atoms with van der Waals surface area (Å²) >= 11 is 5.04. The van der Waals surface area contributed by atoms with Crippen LogP contribution in [0.4, 0.5) is 0 Å². The van der Waals surface area contributed by atoms with E-state index in [4.69, 9.17) is 0 Å². The first-order valence-corrected chi connectivity index (χ1v) is 7.90. The number of nitrogens with one attached hydrogen (secondary N) is 1. The fourth-order valence-electron chi connectivity index (χ4n) is 1.89. The second kappa shape index (κ2) is 7.16. The van der Waals surface area contributed by atoms with E-state index in [1.807, 2.05) is 29.2 Å². The Morgan fingerprint density at radius 2 is 2.28 bits per heavy atom. The van der Waals surface area contributed by atoms with E-state index in [1.54, 1.807) is 11.8 Å². The fourth-order valence-corrected chi connectivity index (χ4v) is 3.30. The van der Waals surface area contributed by atoms with Crippen molar-refractivity contribution in [1.29, 1.82) is 0 Å². The van der Waals surface area contributed by atoms with Gasteiger partial charge in [-0.1, -0.05) is 22.0 Å². The zero-order valence-corrected chi connectivity index (χ0v) is 12.6. The van der Waals surface area contributed by atoms with Crippen molar-refractivity contribution in [3.05, 3.63) is 28.7 Å². The molecule has 0 radical (unpaired) electrons. The summed E-state index contributed by atoms with van der Waals surface area (Å²) in [4.78, 5) is 15.2. The zero-order valence-electron chi connectivity index (χ0n) is 10.2. The van der Waals surface area contributed by atoms with E-state index in [1.165, 1.54) is 0 Å². The third-order valence-electron chi connectivity index (χ3n) is 2.85. The van der Waals surface area contributed by atoms with Crippen molar-refractivity contribution >= 4 is 33.6 Å². The van der Waals surface area contributed by atoms with Crippen LogP contribution in [0, 0.1) is 0 Å². The third kappa shape index (κ3) is 4.30. The van der Waals surface area contributed by atoms with Gasteiger partial charge < -0.3 is 10.2 Å². The molecular weight excluding hydrogens is 312 g/mol. The predicted octanol–water partition coefficient (Wildman–Crippen LogP) is 2.36. The van der Waals surface area contributed by atoms with Crippen molar-refractivity contribution < 1.29 is 4.79 Å². The Morgan fingerprint density at radius 3 is 3.11 bits per heavy atom. The Hall–Kier alpha value is -0.520. The minimum absolute atomic E-state index is 0.240. The molecule has 1 saturated heterocycles. The summed E-state index contributed by atoms with van der Waals surface area (Å²) in [7, 11) is 0. The highest BCUT2D eigenvalue weighted by atomic mass is 79.9. The molecule has 0 spiro atoms. The molecule has 0 unspecified atom stereocenters. The first-order valence-electron chi connectivity index (χ1n) is 6.12. The molecule has 1 aromatic carbocycles. The summed E-state index contributed by atoms with van der Waals surface area (Å²) in [6, 6.07) is 8.06. The van der Waals surface area contributed by atoms with Gasteiger partial charge in [-0.05, 0) is 31.2 Å². The summed E-state index contributed by atoms with van der Waals surface area (Å²) in [6.07, 6.45) is 1.05. The molecule has 98 valence electrons. The number of amides is 1. The number of rotatable bonds is 3. The molecule has 0 atom stereocenters. The van der Waals surface area contributed by atoms with Gasteiger partial charge in [-0.15, -0.1) is 11.8 Å². The van der Waals surface area contributed by atoms with Gasteiger partial charge in [0.15, 0.2) is 0 Å². The summed E-state index contributed by atoms with van der Waals surface area (Å²) in [5.41, 5.74) is 0. The summed E-state index contributed by atoms with van der Waals surface area (Å²) in [5, 5.41) is 3.31. The normalized spacial score (nSPS) is 16.4. The second-order valence-corrected chi connectivity index (χ2v) is 6.19. The highest BCUT2D eigenvalue weighted by Crippen LogP contribution is 2.22. The molecule has 3 nitrogen and oxygen atoms in total. The van der Waals surface area contributed by atoms with Crippen LogP contribution in [0.2, 0.25) is 0 Å². The highest BCUT2D eigenvalue weighted by Gasteiger charge is 2.15. The number of carbonyl (C=O) groups is 1. The van der Waals surface area contributed by atoms with E-state index >= 15 is 0 Å². The molecule has 18 heavy (non-hydrogen) atoms. The molecule has 0 bridgehead atoms. The Morgan fingerprint density at radius 1 is 1.39 bits per heavy atom. The highest BCUT2D eigenvalue weighted by molar-refractivity contribution is 9.10. The van der Waals surface area contributed by atoms with E-state index < -0.39 is 0 Å². The number of hydrogen-bond acceptors (Lipinski definition) is 3. The average molecular weight is 329 g/mol. The standard InChI is InChI=1S/C13H17BrN2OS/c14-11-3-1-4-12(9-11)18-10-13(17)16-7-2-5-15-6-8-16/h1,3-4,9,15H,2,5-8,10H2. The van der Waals surface area contributed by atoms with E-state index in [0.29, 0.717) is 5.75 Å². The van der Waals surface area contributed by atoms with Crippen molar-refractivity contribution in [1.82, 2.24) is 10.2 Å². The van der Waals surface area contributed by atoms with Crippen LogP contribution < -0.4 is 5.32 Å². The number of carbonyl (C=O) groups excluding carboxylic acids is 1. The molecular formula is C13H17BrN2OS. The van der Waals surface area contributed by atoms with Crippen LogP contribution >= 0.6 is 27.7 Å². The van der Waals surface area contributed by atoms with Crippen molar-refractivity contribution in [2.75, 3.05) is 31.9 Å². The third-order valence-corrected chi connectivity index (χ3v) is 4.32. The molecule has 2 rings (SSSR count). The molecule has 1 heterocycles. The van der Waals surface area contributed by atoms with Crippen LogP contribution in [0.15, 0.2) is 33.6 Å². The smallest absolute Gasteiger partial charge is 0.232 e. The van der Waals surface area contributed by atoms with E-state index in [-0.39, 0.29) is 5.91 Å². The quantitative estimate of drug-likeness (QED) is 0.864. The molecule has 0 aromatic heterocycles. The Kier molecular flexibility index (Phi) is 5.53. The molecule has 5 heteroatoms. The minimum Gasteiger partial charge on any atom is -0.341 e. The van der Waals surface area contributed by atoms with Crippen LogP contribution in [0.5, 0.6) is 0 Å². The first-order chi connectivity index (χ1) is 8.75. The first kappa shape index (κ1) is 13.9. The largest absolute Gasteiger partial charge is 0.341 e. The Labute approximate surface area is 120 Å². The maximum Gasteiger partial charge on any atom is 0.232 e. The van der Waals surface area contributed by atoms with E-state index in [0.717, 1.165) is 42.0 Å². The summed E-state index contributed by atoms with van der Waals surface area (Å²) in [5.74, 6) is 0.764. The lowest BCUT2D eigenvalue weighted by atomic mass is 10.4. The second-order valence-electron chi connectivity index (χ2n) is 4.23. The molecule has 0 aliphatic carbocycles. The SMILES string of the molecule is O=C(CSc1cccc(Br)c1)N1CCCNCC1. The van der Waals surface area contributed by atoms with Gasteiger partial charge in [0.1, 0.15) is 0 Å². The number of benzene rings is 1. The average Bonchev–Trinajstić information content (AvgIpc) is 2.65. The van der Waals surface area contributed by atoms with Crippen molar-refractivity contribution in [3.8, 4) is 0 Å². The van der Waals surface area contributed by atoms with Crippen molar-refractivity contribution in [3.63, 3.8) is 0 Å². The number of nitrogens with zero attached hydrogens (tertiary/aromatic N) is 1. The van der Waals surface area contributed by atoms with E-state index in [9.17, 15) is 4.79 Å². The predicted molar refractivity (Wildman–Crippen MR) is 78.9 cm³/mol. The lowest BCUT2D eigenvalue weighted by Gasteiger charge is -2.19. The van der Waals surface area contributed by atoms with Gasteiger partial charge in [-0.25, -0.2) is 0 Å². The molecule has 1 amide bonds. The number of thioether (sulfide) groups is 1. The topological polar surface area (TPSA) is 32.3 Å². The maximum atomic E-state index is 12.1. The van der Waals surface area contributed by atoms with Gasteiger partial charge in [0.25, 0.3) is 0 Å². The van der Waals surface area contributed by atoms with Crippen LogP contribution in [-0.4, -0.2) is 42.7 Å². The molecule has 1 N–H and O–H groups in total. The van der Waals surface area contributed by atoms with Gasteiger partial charge in [-0.3, -0.25) is 4.79 Å². The summed E-state index contributed by atoms with van der Waals surface area (Å²) in [6.45, 7) is 3.64. The van der Waals surface area contributed by atoms with Gasteiger partial charge in [0, 0.05) is 29.0 Å². The lowest BCUT2D eigenvalue weighted by Crippen LogP contribution is -2.35.